The molecule has 1 aliphatic rings. The number of imide groups is 2. The Labute approximate surface area is 234 Å². The minimum absolute atomic E-state index is 0.192. The Hall–Kier alpha value is -3.46. The van der Waals surface area contributed by atoms with Crippen LogP contribution in [0.1, 0.15) is 11.1 Å². The maximum Gasteiger partial charge on any atom is 0.335 e. The lowest BCUT2D eigenvalue weighted by atomic mass is 10.1. The van der Waals surface area contributed by atoms with Crippen molar-refractivity contribution in [3.63, 3.8) is 0 Å². The van der Waals surface area contributed by atoms with Gasteiger partial charge in [-0.25, -0.2) is 9.69 Å². The first-order valence-corrected chi connectivity index (χ1v) is 13.0. The maximum absolute atomic E-state index is 13.2. The Bertz CT molecular complexity index is 1590. The van der Waals surface area contributed by atoms with Gasteiger partial charge in [-0.15, -0.1) is 0 Å². The van der Waals surface area contributed by atoms with Gasteiger partial charge in [0.2, 0.25) is 0 Å². The number of nitrogens with zero attached hydrogens (tertiary/aromatic N) is 1. The lowest BCUT2D eigenvalue weighted by molar-refractivity contribution is -0.122. The Balaban J connectivity index is 1.42. The van der Waals surface area contributed by atoms with E-state index in [9.17, 15) is 14.4 Å². The molecule has 184 valence electrons. The van der Waals surface area contributed by atoms with Gasteiger partial charge in [0.25, 0.3) is 11.8 Å². The molecule has 1 heterocycles. The number of fused-ring (bicyclic) bond motifs is 1. The van der Waals surface area contributed by atoms with Crippen LogP contribution >= 0.6 is 43.5 Å². The van der Waals surface area contributed by atoms with Crippen molar-refractivity contribution in [2.75, 3.05) is 4.90 Å². The lowest BCUT2D eigenvalue weighted by Crippen LogP contribution is -2.54. The third-order valence-corrected chi connectivity index (χ3v) is 7.16. The lowest BCUT2D eigenvalue weighted by Gasteiger charge is -2.26. The third kappa shape index (κ3) is 5.18. The van der Waals surface area contributed by atoms with E-state index < -0.39 is 17.8 Å². The van der Waals surface area contributed by atoms with Crippen molar-refractivity contribution in [3.05, 3.63) is 110 Å². The average molecular weight is 641 g/mol. The van der Waals surface area contributed by atoms with Gasteiger partial charge in [-0.2, -0.15) is 0 Å². The molecule has 1 fully saturated rings. The second-order valence-corrected chi connectivity index (χ2v) is 10.3. The Morgan fingerprint density at radius 3 is 2.35 bits per heavy atom. The first-order chi connectivity index (χ1) is 17.8. The third-order valence-electron chi connectivity index (χ3n) is 5.75. The van der Waals surface area contributed by atoms with E-state index in [1.165, 1.54) is 12.1 Å². The molecule has 0 atom stereocenters. The summed E-state index contributed by atoms with van der Waals surface area (Å²) in [4.78, 5) is 39.0. The number of nitrogens with one attached hydrogen (secondary N) is 1. The molecule has 1 aliphatic heterocycles. The van der Waals surface area contributed by atoms with E-state index in [2.05, 4.69) is 55.4 Å². The van der Waals surface area contributed by atoms with E-state index in [1.807, 2.05) is 24.3 Å². The summed E-state index contributed by atoms with van der Waals surface area (Å²) in [6, 6.07) is 23.0. The summed E-state index contributed by atoms with van der Waals surface area (Å²) in [6.45, 7) is 0.344. The van der Waals surface area contributed by atoms with Gasteiger partial charge in [-0.1, -0.05) is 60.1 Å². The summed E-state index contributed by atoms with van der Waals surface area (Å²) in [7, 11) is 0. The summed E-state index contributed by atoms with van der Waals surface area (Å²) in [5, 5.41) is 4.80. The number of anilines is 1. The minimum Gasteiger partial charge on any atom is -0.487 e. The molecule has 0 aromatic heterocycles. The van der Waals surface area contributed by atoms with Crippen LogP contribution in [0.4, 0.5) is 10.5 Å². The van der Waals surface area contributed by atoms with E-state index in [4.69, 9.17) is 16.3 Å². The highest BCUT2D eigenvalue weighted by atomic mass is 79.9. The van der Waals surface area contributed by atoms with Crippen molar-refractivity contribution >= 4 is 83.8 Å². The molecule has 0 unspecified atom stereocenters. The minimum atomic E-state index is -0.839. The maximum atomic E-state index is 13.2. The molecule has 6 nitrogen and oxygen atoms in total. The van der Waals surface area contributed by atoms with Crippen LogP contribution in [0.3, 0.4) is 0 Å². The number of ether oxygens (including phenoxy) is 1. The van der Waals surface area contributed by atoms with Gasteiger partial charge in [-0.05, 0) is 90.2 Å². The van der Waals surface area contributed by atoms with Gasteiger partial charge < -0.3 is 4.74 Å². The Kier molecular flexibility index (Phi) is 7.15. The molecule has 0 bridgehead atoms. The summed E-state index contributed by atoms with van der Waals surface area (Å²) >= 11 is 13.1. The Morgan fingerprint density at radius 2 is 1.59 bits per heavy atom. The summed E-state index contributed by atoms with van der Waals surface area (Å²) in [5.74, 6) is -0.957. The molecular formula is C28H17Br2ClN2O4. The number of halogens is 3. The summed E-state index contributed by atoms with van der Waals surface area (Å²) in [5.41, 5.74) is 1.66. The quantitative estimate of drug-likeness (QED) is 0.184. The van der Waals surface area contributed by atoms with E-state index in [-0.39, 0.29) is 11.3 Å². The van der Waals surface area contributed by atoms with Crippen molar-refractivity contribution in [2.45, 2.75) is 6.61 Å². The zero-order valence-corrected chi connectivity index (χ0v) is 22.9. The summed E-state index contributed by atoms with van der Waals surface area (Å²) < 4.78 is 7.37. The fourth-order valence-electron chi connectivity index (χ4n) is 4.04. The van der Waals surface area contributed by atoms with Crippen molar-refractivity contribution in [1.29, 1.82) is 0 Å². The molecule has 1 N–H and O–H groups in total. The molecular weight excluding hydrogens is 624 g/mol. The zero-order valence-electron chi connectivity index (χ0n) is 19.0. The molecule has 5 rings (SSSR count). The average Bonchev–Trinajstić information content (AvgIpc) is 2.86. The molecule has 1 saturated heterocycles. The van der Waals surface area contributed by atoms with Crippen molar-refractivity contribution < 1.29 is 19.1 Å². The van der Waals surface area contributed by atoms with E-state index in [0.717, 1.165) is 21.2 Å². The SMILES string of the molecule is O=C1NC(=O)N(c2cccc(Cl)c2)C(=O)/C1=C/c1cc(Br)c(OCc2cccc3ccccc23)c(Br)c1. The molecule has 0 aliphatic carbocycles. The number of hydrogen-bond donors (Lipinski definition) is 1. The monoisotopic (exact) mass is 638 g/mol. The highest BCUT2D eigenvalue weighted by Crippen LogP contribution is 2.37. The van der Waals surface area contributed by atoms with Crippen molar-refractivity contribution in [1.82, 2.24) is 5.32 Å². The van der Waals surface area contributed by atoms with Gasteiger partial charge in [0.1, 0.15) is 17.9 Å². The second-order valence-electron chi connectivity index (χ2n) is 8.18. The Morgan fingerprint density at radius 1 is 0.892 bits per heavy atom. The number of urea groups is 1. The predicted molar refractivity (Wildman–Crippen MR) is 151 cm³/mol. The second kappa shape index (κ2) is 10.5. The first-order valence-electron chi connectivity index (χ1n) is 11.1. The highest BCUT2D eigenvalue weighted by molar-refractivity contribution is 9.11. The molecule has 4 aromatic rings. The summed E-state index contributed by atoms with van der Waals surface area (Å²) in [6.07, 6.45) is 1.42. The van der Waals surface area contributed by atoms with Gasteiger partial charge in [0.15, 0.2) is 0 Å². The van der Waals surface area contributed by atoms with Gasteiger partial charge >= 0.3 is 6.03 Å². The number of hydrogen-bond acceptors (Lipinski definition) is 4. The van der Waals surface area contributed by atoms with E-state index in [1.54, 1.807) is 30.3 Å². The first kappa shape index (κ1) is 25.2. The van der Waals surface area contributed by atoms with Crippen LogP contribution in [0, 0.1) is 0 Å². The van der Waals surface area contributed by atoms with Gasteiger partial charge in [0, 0.05) is 5.02 Å². The highest BCUT2D eigenvalue weighted by Gasteiger charge is 2.37. The molecule has 0 spiro atoms. The normalized spacial score (nSPS) is 14.8. The van der Waals surface area contributed by atoms with Crippen LogP contribution in [-0.2, 0) is 16.2 Å². The van der Waals surface area contributed by atoms with Crippen LogP contribution in [0.25, 0.3) is 16.8 Å². The van der Waals surface area contributed by atoms with Gasteiger partial charge in [-0.3, -0.25) is 14.9 Å². The van der Waals surface area contributed by atoms with E-state index >= 15 is 0 Å². The molecule has 4 aromatic carbocycles. The molecule has 37 heavy (non-hydrogen) atoms. The van der Waals surface area contributed by atoms with Crippen LogP contribution in [0.15, 0.2) is 93.4 Å². The smallest absolute Gasteiger partial charge is 0.335 e. The molecule has 0 radical (unpaired) electrons. The molecule has 9 heteroatoms. The number of carbonyl (C=O) groups is 3. The van der Waals surface area contributed by atoms with Crippen LogP contribution in [-0.4, -0.2) is 17.8 Å². The van der Waals surface area contributed by atoms with Crippen LogP contribution in [0.2, 0.25) is 5.02 Å². The standard InChI is InChI=1S/C28H17Br2ClN2O4/c29-23-12-16(11-22-26(34)32-28(36)33(27(22)35)20-9-4-8-19(31)14-20)13-24(30)25(23)37-15-18-7-3-6-17-5-1-2-10-21(17)18/h1-14H,15H2,(H,32,34,36)/b22-11+. The molecule has 0 saturated carbocycles. The van der Waals surface area contributed by atoms with Crippen LogP contribution in [0.5, 0.6) is 5.75 Å². The zero-order chi connectivity index (χ0) is 26.1. The van der Waals surface area contributed by atoms with Crippen molar-refractivity contribution in [3.8, 4) is 5.75 Å². The number of amides is 4. The fraction of sp³-hybridized carbons (Fsp3) is 0.0357. The van der Waals surface area contributed by atoms with Crippen molar-refractivity contribution in [2.24, 2.45) is 0 Å². The topological polar surface area (TPSA) is 75.7 Å². The molecule has 4 amide bonds. The van der Waals surface area contributed by atoms with E-state index in [0.29, 0.717) is 31.9 Å². The predicted octanol–water partition coefficient (Wildman–Crippen LogP) is 7.26. The van der Waals surface area contributed by atoms with Crippen LogP contribution < -0.4 is 15.0 Å². The number of barbiturate groups is 1. The number of carbonyl (C=O) groups excluding carboxylic acids is 3. The number of benzene rings is 4. The largest absolute Gasteiger partial charge is 0.487 e. The number of rotatable bonds is 5. The van der Waals surface area contributed by atoms with Gasteiger partial charge in [0.05, 0.1) is 14.6 Å². The fourth-order valence-corrected chi connectivity index (χ4v) is 5.68.